The van der Waals surface area contributed by atoms with Crippen LogP contribution in [-0.4, -0.2) is 24.1 Å². The average molecular weight is 438 g/mol. The summed E-state index contributed by atoms with van der Waals surface area (Å²) in [6, 6.07) is 14.6. The number of hydrogen-bond acceptors (Lipinski definition) is 6. The highest BCUT2D eigenvalue weighted by molar-refractivity contribution is 7.09. The van der Waals surface area contributed by atoms with Gasteiger partial charge in [0.2, 0.25) is 5.91 Å². The van der Waals surface area contributed by atoms with Gasteiger partial charge in [-0.15, -0.1) is 11.3 Å². The summed E-state index contributed by atoms with van der Waals surface area (Å²) >= 11 is 1.59. The van der Waals surface area contributed by atoms with Crippen molar-refractivity contribution >= 4 is 35.1 Å². The molecule has 3 rings (SSSR count). The van der Waals surface area contributed by atoms with Gasteiger partial charge in [0.15, 0.2) is 0 Å². The minimum atomic E-state index is -0.529. The van der Waals surface area contributed by atoms with Crippen LogP contribution in [0.3, 0.4) is 0 Å². The van der Waals surface area contributed by atoms with Crippen LogP contribution in [0, 0.1) is 6.92 Å². The van der Waals surface area contributed by atoms with Gasteiger partial charge in [0.1, 0.15) is 12.4 Å². The molecular weight excluding hydrogens is 414 g/mol. The van der Waals surface area contributed by atoms with Crippen molar-refractivity contribution in [3.63, 3.8) is 0 Å². The normalized spacial score (nSPS) is 10.6. The van der Waals surface area contributed by atoms with E-state index in [1.54, 1.807) is 29.5 Å². The van der Waals surface area contributed by atoms with Crippen molar-refractivity contribution in [3.05, 3.63) is 81.8 Å². The van der Waals surface area contributed by atoms with Crippen molar-refractivity contribution in [2.45, 2.75) is 20.1 Å². The zero-order valence-corrected chi connectivity index (χ0v) is 18.1. The van der Waals surface area contributed by atoms with Crippen LogP contribution >= 0.6 is 11.3 Å². The molecule has 8 heteroatoms. The maximum absolute atomic E-state index is 12.1. The lowest BCUT2D eigenvalue weighted by Gasteiger charge is -2.06. The van der Waals surface area contributed by atoms with Crippen molar-refractivity contribution in [1.82, 2.24) is 10.3 Å². The number of hydrogen-bond donors (Lipinski definition) is 2. The number of rotatable bonds is 8. The van der Waals surface area contributed by atoms with Crippen LogP contribution in [0.15, 0.2) is 60.0 Å². The number of aromatic nitrogens is 1. The van der Waals surface area contributed by atoms with Gasteiger partial charge < -0.3 is 14.8 Å². The number of thiazole rings is 1. The van der Waals surface area contributed by atoms with Crippen molar-refractivity contribution in [2.75, 3.05) is 12.4 Å². The highest BCUT2D eigenvalue weighted by Gasteiger charge is 2.03. The summed E-state index contributed by atoms with van der Waals surface area (Å²) in [5.41, 5.74) is 3.29. The molecule has 160 valence electrons. The van der Waals surface area contributed by atoms with Crippen LogP contribution in [0.5, 0.6) is 5.75 Å². The molecule has 0 unspecified atom stereocenters. The molecule has 0 aliphatic carbocycles. The first-order valence-corrected chi connectivity index (χ1v) is 10.4. The standard InChI is InChI=1S/C23H23N3O4S/c1-16-25-20(15-31-16)14-30-21-5-3-4-17(12-21)8-11-22(27)24-13-18-6-9-19(10-7-18)26-23(28)29-2/h3-12,15H,13-14H2,1-2H3,(H,24,27)(H,26,28). The molecule has 3 aromatic rings. The van der Waals surface area contributed by atoms with Gasteiger partial charge in [0, 0.05) is 23.7 Å². The smallest absolute Gasteiger partial charge is 0.411 e. The van der Waals surface area contributed by atoms with E-state index < -0.39 is 6.09 Å². The Morgan fingerprint density at radius 2 is 1.97 bits per heavy atom. The van der Waals surface area contributed by atoms with E-state index in [-0.39, 0.29) is 5.91 Å². The van der Waals surface area contributed by atoms with E-state index in [1.165, 1.54) is 13.2 Å². The van der Waals surface area contributed by atoms with Gasteiger partial charge in [-0.3, -0.25) is 10.1 Å². The lowest BCUT2D eigenvalue weighted by molar-refractivity contribution is -0.116. The largest absolute Gasteiger partial charge is 0.487 e. The first-order valence-electron chi connectivity index (χ1n) is 9.55. The third-order valence-electron chi connectivity index (χ3n) is 4.19. The Morgan fingerprint density at radius 3 is 2.68 bits per heavy atom. The molecule has 31 heavy (non-hydrogen) atoms. The van der Waals surface area contributed by atoms with E-state index >= 15 is 0 Å². The van der Waals surface area contributed by atoms with Gasteiger partial charge in [-0.05, 0) is 48.4 Å². The lowest BCUT2D eigenvalue weighted by atomic mass is 10.2. The zero-order chi connectivity index (χ0) is 22.1. The molecule has 0 saturated carbocycles. The minimum absolute atomic E-state index is 0.207. The topological polar surface area (TPSA) is 89.6 Å². The van der Waals surface area contributed by atoms with Crippen molar-refractivity contribution in [2.24, 2.45) is 0 Å². The zero-order valence-electron chi connectivity index (χ0n) is 17.3. The Kier molecular flexibility index (Phi) is 7.78. The monoisotopic (exact) mass is 437 g/mol. The van der Waals surface area contributed by atoms with Crippen LogP contribution in [0.2, 0.25) is 0 Å². The summed E-state index contributed by atoms with van der Waals surface area (Å²) < 4.78 is 10.3. The molecule has 2 N–H and O–H groups in total. The molecule has 1 aromatic heterocycles. The fraction of sp³-hybridized carbons (Fsp3) is 0.174. The molecular formula is C23H23N3O4S. The summed E-state index contributed by atoms with van der Waals surface area (Å²) in [5, 5.41) is 8.39. The van der Waals surface area contributed by atoms with Gasteiger partial charge in [-0.2, -0.15) is 0 Å². The minimum Gasteiger partial charge on any atom is -0.487 e. The second kappa shape index (κ2) is 10.9. The van der Waals surface area contributed by atoms with Crippen molar-refractivity contribution < 1.29 is 19.1 Å². The number of carbonyl (C=O) groups excluding carboxylic acids is 2. The van der Waals surface area contributed by atoms with Gasteiger partial charge in [0.05, 0.1) is 17.8 Å². The van der Waals surface area contributed by atoms with Crippen LogP contribution in [0.1, 0.15) is 21.8 Å². The predicted octanol–water partition coefficient (Wildman–Crippen LogP) is 4.54. The van der Waals surface area contributed by atoms with E-state index in [9.17, 15) is 9.59 Å². The van der Waals surface area contributed by atoms with Gasteiger partial charge in [-0.1, -0.05) is 24.3 Å². The number of carbonyl (C=O) groups is 2. The molecule has 0 aliphatic rings. The molecule has 0 aliphatic heterocycles. The molecule has 7 nitrogen and oxygen atoms in total. The Morgan fingerprint density at radius 1 is 1.16 bits per heavy atom. The number of aryl methyl sites for hydroxylation is 1. The van der Waals surface area contributed by atoms with Gasteiger partial charge in [-0.25, -0.2) is 9.78 Å². The van der Waals surface area contributed by atoms with E-state index in [1.807, 2.05) is 48.7 Å². The number of anilines is 1. The summed E-state index contributed by atoms with van der Waals surface area (Å²) in [4.78, 5) is 27.7. The molecule has 0 radical (unpaired) electrons. The maximum atomic E-state index is 12.1. The van der Waals surface area contributed by atoms with E-state index in [4.69, 9.17) is 4.74 Å². The van der Waals surface area contributed by atoms with E-state index in [0.717, 1.165) is 21.8 Å². The first-order chi connectivity index (χ1) is 15.0. The van der Waals surface area contributed by atoms with Crippen LogP contribution < -0.4 is 15.4 Å². The van der Waals surface area contributed by atoms with Crippen LogP contribution in [-0.2, 0) is 22.7 Å². The molecule has 0 spiro atoms. The van der Waals surface area contributed by atoms with E-state index in [2.05, 4.69) is 20.4 Å². The molecule has 0 atom stereocenters. The van der Waals surface area contributed by atoms with Crippen LogP contribution in [0.4, 0.5) is 10.5 Å². The number of nitrogens with zero attached hydrogens (tertiary/aromatic N) is 1. The SMILES string of the molecule is COC(=O)Nc1ccc(CNC(=O)C=Cc2cccc(OCc3csc(C)n3)c2)cc1. The number of amides is 2. The molecule has 0 saturated heterocycles. The highest BCUT2D eigenvalue weighted by atomic mass is 32.1. The third kappa shape index (κ3) is 7.27. The Balaban J connectivity index is 1.47. The van der Waals surface area contributed by atoms with Crippen molar-refractivity contribution in [1.29, 1.82) is 0 Å². The summed E-state index contributed by atoms with van der Waals surface area (Å²) in [6.07, 6.45) is 2.69. The highest BCUT2D eigenvalue weighted by Crippen LogP contribution is 2.17. The molecule has 0 bridgehead atoms. The van der Waals surface area contributed by atoms with Gasteiger partial charge in [0.25, 0.3) is 0 Å². The second-order valence-corrected chi connectivity index (χ2v) is 7.65. The average Bonchev–Trinajstić information content (AvgIpc) is 3.21. The Labute approximate surface area is 184 Å². The second-order valence-electron chi connectivity index (χ2n) is 6.58. The van der Waals surface area contributed by atoms with E-state index in [0.29, 0.717) is 24.6 Å². The molecule has 2 aromatic carbocycles. The maximum Gasteiger partial charge on any atom is 0.411 e. The lowest BCUT2D eigenvalue weighted by Crippen LogP contribution is -2.20. The quantitative estimate of drug-likeness (QED) is 0.505. The first kappa shape index (κ1) is 22.0. The van der Waals surface area contributed by atoms with Gasteiger partial charge >= 0.3 is 6.09 Å². The Hall–Kier alpha value is -3.65. The third-order valence-corrected chi connectivity index (χ3v) is 5.01. The summed E-state index contributed by atoms with van der Waals surface area (Å²) in [5.74, 6) is 0.509. The number of ether oxygens (including phenoxy) is 2. The fourth-order valence-corrected chi connectivity index (χ4v) is 3.23. The number of benzene rings is 2. The fourth-order valence-electron chi connectivity index (χ4n) is 2.63. The van der Waals surface area contributed by atoms with Crippen molar-refractivity contribution in [3.8, 4) is 5.75 Å². The molecule has 2 amide bonds. The summed E-state index contributed by atoms with van der Waals surface area (Å²) in [6.45, 7) is 2.74. The summed E-state index contributed by atoms with van der Waals surface area (Å²) in [7, 11) is 1.30. The number of nitrogens with one attached hydrogen (secondary N) is 2. The number of methoxy groups -OCH3 is 1. The molecule has 1 heterocycles. The van der Waals surface area contributed by atoms with Crippen LogP contribution in [0.25, 0.3) is 6.08 Å². The Bertz CT molecular complexity index is 1060. The predicted molar refractivity (Wildman–Crippen MR) is 121 cm³/mol. The molecule has 0 fully saturated rings.